The van der Waals surface area contributed by atoms with Gasteiger partial charge in [0.15, 0.2) is 0 Å². The molecule has 0 aromatic carbocycles. The molecular weight excluding hydrogens is 392 g/mol. The van der Waals surface area contributed by atoms with E-state index in [0.717, 1.165) is 22.7 Å². The number of hydrogen-bond acceptors (Lipinski definition) is 8. The van der Waals surface area contributed by atoms with E-state index in [1.54, 1.807) is 20.8 Å². The average molecular weight is 410 g/mol. The zero-order chi connectivity index (χ0) is 20.1. The van der Waals surface area contributed by atoms with Crippen molar-refractivity contribution in [1.29, 1.82) is 0 Å². The maximum atomic E-state index is 12.5. The van der Waals surface area contributed by atoms with Crippen molar-refractivity contribution in [3.05, 3.63) is 48.9 Å². The normalized spacial score (nSPS) is 10.3. The van der Waals surface area contributed by atoms with Crippen molar-refractivity contribution in [2.24, 2.45) is 0 Å². The van der Waals surface area contributed by atoms with E-state index in [1.807, 2.05) is 0 Å². The summed E-state index contributed by atoms with van der Waals surface area (Å²) in [6.07, 6.45) is 1.42. The van der Waals surface area contributed by atoms with Crippen LogP contribution >= 0.6 is 22.7 Å². The molecule has 0 aliphatic rings. The summed E-state index contributed by atoms with van der Waals surface area (Å²) >= 11 is 1.67. The molecule has 2 aromatic rings. The highest BCUT2D eigenvalue weighted by Gasteiger charge is 2.28. The lowest BCUT2D eigenvalue weighted by molar-refractivity contribution is 0.0527. The Balaban J connectivity index is 2.43. The molecular formula is C17H18N2O6S2. The molecule has 0 bridgehead atoms. The number of H-pyrrole nitrogens is 1. The number of carbonyl (C=O) groups is 3. The number of anilines is 1. The quantitative estimate of drug-likeness (QED) is 0.536. The number of esters is 2. The number of thiophene rings is 1. The summed E-state index contributed by atoms with van der Waals surface area (Å²) in [5.41, 5.74) is 0.849. The zero-order valence-corrected chi connectivity index (χ0v) is 16.6. The predicted molar refractivity (Wildman–Crippen MR) is 103 cm³/mol. The third-order valence-corrected chi connectivity index (χ3v) is 5.57. The standard InChI is InChI=1S/C17H18N2O6S2/c1-5-7-25-16(22)11-8(3)10(15(21)24-6-2)14(26-11)19-13(20)12-9(4)18-17(23)27-12/h5H,1,6-7H2,2-4H3,(H,18,23)(H,19,20). The molecule has 0 unspecified atom stereocenters. The Labute approximate surface area is 162 Å². The van der Waals surface area contributed by atoms with Crippen molar-refractivity contribution in [1.82, 2.24) is 4.98 Å². The van der Waals surface area contributed by atoms with Crippen molar-refractivity contribution in [3.8, 4) is 0 Å². The van der Waals surface area contributed by atoms with Crippen LogP contribution in [0.3, 0.4) is 0 Å². The Morgan fingerprint density at radius 1 is 1.15 bits per heavy atom. The highest BCUT2D eigenvalue weighted by Crippen LogP contribution is 2.34. The van der Waals surface area contributed by atoms with Gasteiger partial charge in [0.05, 0.1) is 12.2 Å². The number of aryl methyl sites for hydroxylation is 1. The molecule has 8 nitrogen and oxygen atoms in total. The molecule has 0 spiro atoms. The van der Waals surface area contributed by atoms with E-state index in [1.165, 1.54) is 6.08 Å². The van der Waals surface area contributed by atoms with E-state index in [2.05, 4.69) is 16.9 Å². The summed E-state index contributed by atoms with van der Waals surface area (Å²) < 4.78 is 10.1. The Morgan fingerprint density at radius 2 is 1.85 bits per heavy atom. The van der Waals surface area contributed by atoms with E-state index >= 15 is 0 Å². The number of carbonyl (C=O) groups excluding carboxylic acids is 3. The van der Waals surface area contributed by atoms with Crippen LogP contribution in [0.1, 0.15) is 47.9 Å². The predicted octanol–water partition coefficient (Wildman–Crippen LogP) is 2.89. The molecule has 0 atom stereocenters. The van der Waals surface area contributed by atoms with Gasteiger partial charge in [0.2, 0.25) is 0 Å². The highest BCUT2D eigenvalue weighted by atomic mass is 32.1. The minimum atomic E-state index is -0.664. The van der Waals surface area contributed by atoms with Crippen molar-refractivity contribution in [2.45, 2.75) is 20.8 Å². The van der Waals surface area contributed by atoms with E-state index < -0.39 is 17.8 Å². The lowest BCUT2D eigenvalue weighted by atomic mass is 10.1. The van der Waals surface area contributed by atoms with Crippen molar-refractivity contribution < 1.29 is 23.9 Å². The molecule has 0 radical (unpaired) electrons. The summed E-state index contributed by atoms with van der Waals surface area (Å²) in [5, 5.41) is 2.75. The molecule has 2 rings (SSSR count). The summed E-state index contributed by atoms with van der Waals surface area (Å²) in [7, 11) is 0. The Kier molecular flexibility index (Phi) is 6.70. The summed E-state index contributed by atoms with van der Waals surface area (Å²) in [5.74, 6) is -1.86. The fraction of sp³-hybridized carbons (Fsp3) is 0.294. The first kappa shape index (κ1) is 20.6. The molecule has 2 N–H and O–H groups in total. The number of rotatable bonds is 7. The molecule has 0 aliphatic carbocycles. The van der Waals surface area contributed by atoms with Crippen LogP contribution in [0.15, 0.2) is 17.4 Å². The summed E-state index contributed by atoms with van der Waals surface area (Å²) in [6.45, 7) is 8.44. The molecule has 0 saturated heterocycles. The second-order valence-electron chi connectivity index (χ2n) is 5.29. The van der Waals surface area contributed by atoms with E-state index in [-0.39, 0.29) is 38.4 Å². The second kappa shape index (κ2) is 8.78. The first-order valence-corrected chi connectivity index (χ1v) is 9.53. The van der Waals surface area contributed by atoms with Crippen LogP contribution in [0, 0.1) is 13.8 Å². The van der Waals surface area contributed by atoms with Gasteiger partial charge in [-0.1, -0.05) is 24.0 Å². The maximum absolute atomic E-state index is 12.5. The minimum absolute atomic E-state index is 0.0170. The number of amides is 1. The van der Waals surface area contributed by atoms with Crippen LogP contribution in [0.2, 0.25) is 0 Å². The highest BCUT2D eigenvalue weighted by molar-refractivity contribution is 7.19. The molecule has 2 heterocycles. The van der Waals surface area contributed by atoms with Crippen molar-refractivity contribution in [2.75, 3.05) is 18.5 Å². The maximum Gasteiger partial charge on any atom is 0.348 e. The number of aromatic amines is 1. The Hall–Kier alpha value is -2.72. The van der Waals surface area contributed by atoms with Crippen molar-refractivity contribution >= 4 is 45.5 Å². The number of ether oxygens (including phenoxy) is 2. The third-order valence-electron chi connectivity index (χ3n) is 3.40. The molecule has 144 valence electrons. The van der Waals surface area contributed by atoms with Gasteiger partial charge in [0.25, 0.3) is 5.91 Å². The van der Waals surface area contributed by atoms with Gasteiger partial charge in [-0.05, 0) is 26.3 Å². The van der Waals surface area contributed by atoms with Gasteiger partial charge in [0, 0.05) is 5.69 Å². The molecule has 0 aliphatic heterocycles. The summed E-state index contributed by atoms with van der Waals surface area (Å²) in [4.78, 5) is 51.0. The van der Waals surface area contributed by atoms with E-state index in [4.69, 9.17) is 9.47 Å². The van der Waals surface area contributed by atoms with Crippen LogP contribution < -0.4 is 10.2 Å². The SMILES string of the molecule is C=CCOC(=O)c1sc(NC(=O)c2sc(=O)[nH]c2C)c(C(=O)OCC)c1C. The number of aromatic nitrogens is 1. The lowest BCUT2D eigenvalue weighted by Gasteiger charge is -2.06. The van der Waals surface area contributed by atoms with Crippen LogP contribution in [0.5, 0.6) is 0 Å². The Bertz CT molecular complexity index is 953. The van der Waals surface area contributed by atoms with E-state index in [9.17, 15) is 19.2 Å². The Morgan fingerprint density at radius 3 is 2.41 bits per heavy atom. The molecule has 27 heavy (non-hydrogen) atoms. The van der Waals surface area contributed by atoms with Crippen LogP contribution in [-0.2, 0) is 9.47 Å². The fourth-order valence-electron chi connectivity index (χ4n) is 2.23. The average Bonchev–Trinajstić information content (AvgIpc) is 3.11. The monoisotopic (exact) mass is 410 g/mol. The van der Waals surface area contributed by atoms with Crippen LogP contribution in [0.4, 0.5) is 5.00 Å². The van der Waals surface area contributed by atoms with Crippen LogP contribution in [-0.4, -0.2) is 36.0 Å². The van der Waals surface area contributed by atoms with Gasteiger partial charge in [-0.3, -0.25) is 9.59 Å². The molecule has 0 fully saturated rings. The number of nitrogens with one attached hydrogen (secondary N) is 2. The molecule has 2 aromatic heterocycles. The first-order valence-electron chi connectivity index (χ1n) is 7.89. The largest absolute Gasteiger partial charge is 0.462 e. The summed E-state index contributed by atoms with van der Waals surface area (Å²) in [6, 6.07) is 0. The fourth-order valence-corrected chi connectivity index (χ4v) is 4.05. The zero-order valence-electron chi connectivity index (χ0n) is 15.0. The minimum Gasteiger partial charge on any atom is -0.462 e. The van der Waals surface area contributed by atoms with E-state index in [0.29, 0.717) is 11.3 Å². The van der Waals surface area contributed by atoms with Gasteiger partial charge in [-0.25, -0.2) is 9.59 Å². The topological polar surface area (TPSA) is 115 Å². The van der Waals surface area contributed by atoms with Gasteiger partial charge in [0.1, 0.15) is 21.4 Å². The van der Waals surface area contributed by atoms with Crippen LogP contribution in [0.25, 0.3) is 0 Å². The molecule has 10 heteroatoms. The smallest absolute Gasteiger partial charge is 0.348 e. The van der Waals surface area contributed by atoms with Crippen molar-refractivity contribution in [3.63, 3.8) is 0 Å². The molecule has 0 saturated carbocycles. The second-order valence-corrected chi connectivity index (χ2v) is 7.29. The van der Waals surface area contributed by atoms with Gasteiger partial charge >= 0.3 is 16.8 Å². The third kappa shape index (κ3) is 4.52. The van der Waals surface area contributed by atoms with Gasteiger partial charge < -0.3 is 19.8 Å². The lowest BCUT2D eigenvalue weighted by Crippen LogP contribution is -2.14. The molecule has 1 amide bonds. The number of hydrogen-bond donors (Lipinski definition) is 2. The first-order chi connectivity index (χ1) is 12.8. The van der Waals surface area contributed by atoms with Gasteiger partial charge in [-0.2, -0.15) is 0 Å². The number of thiazole rings is 1. The van der Waals surface area contributed by atoms with Gasteiger partial charge in [-0.15, -0.1) is 11.3 Å².